The minimum Gasteiger partial charge on any atom is -0.469 e. The largest absolute Gasteiger partial charge is 0.469 e. The maximum absolute atomic E-state index is 5.53. The van der Waals surface area contributed by atoms with Gasteiger partial charge in [-0.2, -0.15) is 11.8 Å². The average molecular weight is 209 g/mol. The number of hydrogen-bond donors (Lipinski definition) is 1. The Bertz CT molecular complexity index is 328. The zero-order valence-electron chi connectivity index (χ0n) is 8.21. The van der Waals surface area contributed by atoms with E-state index in [1.807, 2.05) is 6.26 Å². The molecule has 1 aromatic rings. The van der Waals surface area contributed by atoms with Crippen molar-refractivity contribution in [2.75, 3.05) is 18.1 Å². The van der Waals surface area contributed by atoms with E-state index in [2.05, 4.69) is 23.1 Å². The number of fused-ring (bicyclic) bond motifs is 2. The summed E-state index contributed by atoms with van der Waals surface area (Å²) >= 11 is 2.06. The highest BCUT2D eigenvalue weighted by Crippen LogP contribution is 2.39. The van der Waals surface area contributed by atoms with Gasteiger partial charge in [-0.1, -0.05) is 0 Å². The summed E-state index contributed by atoms with van der Waals surface area (Å²) in [6.45, 7) is 1.07. The van der Waals surface area contributed by atoms with E-state index in [4.69, 9.17) is 4.42 Å². The van der Waals surface area contributed by atoms with Gasteiger partial charge in [-0.05, 0) is 24.7 Å². The Kier molecular flexibility index (Phi) is 2.10. The molecular weight excluding hydrogens is 194 g/mol. The van der Waals surface area contributed by atoms with Gasteiger partial charge in [0.1, 0.15) is 5.76 Å². The predicted octanol–water partition coefficient (Wildman–Crippen LogP) is 2.15. The minimum absolute atomic E-state index is 0.240. The molecule has 0 aromatic carbocycles. The Morgan fingerprint density at radius 3 is 3.36 bits per heavy atom. The lowest BCUT2D eigenvalue weighted by molar-refractivity contribution is 0.304. The molecule has 1 fully saturated rings. The Morgan fingerprint density at radius 1 is 1.50 bits per heavy atom. The third-order valence-electron chi connectivity index (χ3n) is 3.32. The zero-order valence-corrected chi connectivity index (χ0v) is 9.03. The number of hydrogen-bond acceptors (Lipinski definition) is 3. The van der Waals surface area contributed by atoms with Gasteiger partial charge < -0.3 is 9.73 Å². The first-order valence-corrected chi connectivity index (χ1v) is 6.46. The van der Waals surface area contributed by atoms with Crippen molar-refractivity contribution in [1.82, 2.24) is 5.32 Å². The molecule has 1 saturated heterocycles. The Labute approximate surface area is 88.4 Å². The van der Waals surface area contributed by atoms with Crippen molar-refractivity contribution in [2.24, 2.45) is 0 Å². The molecule has 0 amide bonds. The summed E-state index contributed by atoms with van der Waals surface area (Å²) in [6.07, 6.45) is 5.49. The highest BCUT2D eigenvalue weighted by atomic mass is 32.2. The van der Waals surface area contributed by atoms with Gasteiger partial charge in [0.05, 0.1) is 11.8 Å². The van der Waals surface area contributed by atoms with Gasteiger partial charge in [0.15, 0.2) is 0 Å². The lowest BCUT2D eigenvalue weighted by atomic mass is 9.84. The SMILES string of the molecule is c1cc2c(o1)CCNC21CCCSC1. The Morgan fingerprint density at radius 2 is 2.50 bits per heavy atom. The van der Waals surface area contributed by atoms with Gasteiger partial charge in [0.2, 0.25) is 0 Å². The summed E-state index contributed by atoms with van der Waals surface area (Å²) in [4.78, 5) is 0. The first-order valence-electron chi connectivity index (χ1n) is 5.30. The van der Waals surface area contributed by atoms with Crippen LogP contribution in [-0.4, -0.2) is 18.1 Å². The van der Waals surface area contributed by atoms with Crippen LogP contribution in [-0.2, 0) is 12.0 Å². The van der Waals surface area contributed by atoms with Gasteiger partial charge in [0.25, 0.3) is 0 Å². The quantitative estimate of drug-likeness (QED) is 0.708. The van der Waals surface area contributed by atoms with Crippen LogP contribution in [0.5, 0.6) is 0 Å². The number of nitrogens with one attached hydrogen (secondary N) is 1. The van der Waals surface area contributed by atoms with E-state index in [0.29, 0.717) is 0 Å². The van der Waals surface area contributed by atoms with Crippen molar-refractivity contribution in [1.29, 1.82) is 0 Å². The summed E-state index contributed by atoms with van der Waals surface area (Å²) in [5.41, 5.74) is 1.67. The number of thioether (sulfide) groups is 1. The number of rotatable bonds is 0. The molecule has 1 N–H and O–H groups in total. The predicted molar refractivity (Wildman–Crippen MR) is 58.7 cm³/mol. The molecule has 3 heterocycles. The van der Waals surface area contributed by atoms with Crippen molar-refractivity contribution in [3.63, 3.8) is 0 Å². The molecule has 2 aliphatic rings. The van der Waals surface area contributed by atoms with E-state index in [-0.39, 0.29) is 5.54 Å². The molecule has 1 unspecified atom stereocenters. The van der Waals surface area contributed by atoms with Crippen LogP contribution in [0.2, 0.25) is 0 Å². The summed E-state index contributed by atoms with van der Waals surface area (Å²) in [5, 5.41) is 3.70. The molecule has 2 nitrogen and oxygen atoms in total. The second kappa shape index (κ2) is 3.31. The molecule has 2 aliphatic heterocycles. The van der Waals surface area contributed by atoms with Crippen LogP contribution in [0.3, 0.4) is 0 Å². The smallest absolute Gasteiger partial charge is 0.110 e. The van der Waals surface area contributed by atoms with Gasteiger partial charge in [-0.3, -0.25) is 0 Å². The van der Waals surface area contributed by atoms with Crippen molar-refractivity contribution < 1.29 is 4.42 Å². The van der Waals surface area contributed by atoms with Crippen LogP contribution < -0.4 is 5.32 Å². The highest BCUT2D eigenvalue weighted by molar-refractivity contribution is 7.99. The minimum atomic E-state index is 0.240. The van der Waals surface area contributed by atoms with Gasteiger partial charge in [-0.15, -0.1) is 0 Å². The lowest BCUT2D eigenvalue weighted by Crippen LogP contribution is -2.50. The van der Waals surface area contributed by atoms with E-state index in [1.54, 1.807) is 0 Å². The number of furan rings is 1. The fourth-order valence-electron chi connectivity index (χ4n) is 2.62. The van der Waals surface area contributed by atoms with E-state index < -0.39 is 0 Å². The van der Waals surface area contributed by atoms with Crippen molar-refractivity contribution >= 4 is 11.8 Å². The second-order valence-electron chi connectivity index (χ2n) is 4.17. The van der Waals surface area contributed by atoms with Crippen LogP contribution in [0.15, 0.2) is 16.7 Å². The van der Waals surface area contributed by atoms with Crippen LogP contribution in [0.25, 0.3) is 0 Å². The van der Waals surface area contributed by atoms with E-state index >= 15 is 0 Å². The van der Waals surface area contributed by atoms with Gasteiger partial charge in [-0.25, -0.2) is 0 Å². The van der Waals surface area contributed by atoms with Crippen LogP contribution >= 0.6 is 11.8 Å². The second-order valence-corrected chi connectivity index (χ2v) is 5.28. The molecule has 3 rings (SSSR count). The molecule has 1 spiro atoms. The standard InChI is InChI=1S/C11H15NOS/c1-4-11(8-14-7-1)9-3-6-13-10(9)2-5-12-11/h3,6,12H,1-2,4-5,7-8H2. The van der Waals surface area contributed by atoms with Crippen LogP contribution in [0.4, 0.5) is 0 Å². The third-order valence-corrected chi connectivity index (χ3v) is 4.59. The van der Waals surface area contributed by atoms with Gasteiger partial charge in [0, 0.05) is 24.3 Å². The molecule has 1 atom stereocenters. The van der Waals surface area contributed by atoms with E-state index in [1.165, 1.54) is 35.7 Å². The van der Waals surface area contributed by atoms with Crippen LogP contribution in [0, 0.1) is 0 Å². The monoisotopic (exact) mass is 209 g/mol. The lowest BCUT2D eigenvalue weighted by Gasteiger charge is -2.40. The maximum atomic E-state index is 5.53. The summed E-state index contributed by atoms with van der Waals surface area (Å²) in [7, 11) is 0. The first kappa shape index (κ1) is 8.86. The Hall–Kier alpha value is -0.410. The summed E-state index contributed by atoms with van der Waals surface area (Å²) < 4.78 is 5.53. The third kappa shape index (κ3) is 1.22. The van der Waals surface area contributed by atoms with Crippen molar-refractivity contribution in [3.05, 3.63) is 23.7 Å². The molecule has 1 aromatic heterocycles. The average Bonchev–Trinajstić information content (AvgIpc) is 2.69. The van der Waals surface area contributed by atoms with E-state index in [9.17, 15) is 0 Å². The first-order chi connectivity index (χ1) is 6.91. The molecule has 3 heteroatoms. The molecule has 0 saturated carbocycles. The zero-order chi connectivity index (χ0) is 9.43. The highest BCUT2D eigenvalue weighted by Gasteiger charge is 2.39. The summed E-state index contributed by atoms with van der Waals surface area (Å²) in [6, 6.07) is 2.16. The van der Waals surface area contributed by atoms with Crippen molar-refractivity contribution in [2.45, 2.75) is 24.8 Å². The molecule has 14 heavy (non-hydrogen) atoms. The summed E-state index contributed by atoms with van der Waals surface area (Å²) in [5.74, 6) is 3.74. The topological polar surface area (TPSA) is 25.2 Å². The fraction of sp³-hybridized carbons (Fsp3) is 0.636. The molecule has 76 valence electrons. The normalized spacial score (nSPS) is 31.7. The molecular formula is C11H15NOS. The molecule has 0 radical (unpaired) electrons. The molecule has 0 aliphatic carbocycles. The van der Waals surface area contributed by atoms with Gasteiger partial charge >= 0.3 is 0 Å². The van der Waals surface area contributed by atoms with Crippen LogP contribution in [0.1, 0.15) is 24.2 Å². The maximum Gasteiger partial charge on any atom is 0.110 e. The fourth-order valence-corrected chi connectivity index (χ4v) is 3.86. The van der Waals surface area contributed by atoms with Crippen molar-refractivity contribution in [3.8, 4) is 0 Å². The Balaban J connectivity index is 2.01. The van der Waals surface area contributed by atoms with E-state index in [0.717, 1.165) is 13.0 Å². The molecule has 0 bridgehead atoms.